The van der Waals surface area contributed by atoms with E-state index in [-0.39, 0.29) is 17.7 Å². The molecule has 154 valence electrons. The minimum atomic E-state index is -1.03. The number of aliphatic hydroxyl groups is 1. The fourth-order valence-electron chi connectivity index (χ4n) is 3.69. The van der Waals surface area contributed by atoms with E-state index >= 15 is 0 Å². The van der Waals surface area contributed by atoms with Crippen molar-refractivity contribution < 1.29 is 19.1 Å². The Balaban J connectivity index is 1.74. The van der Waals surface area contributed by atoms with Gasteiger partial charge >= 0.3 is 0 Å². The Hall–Kier alpha value is -3.99. The lowest BCUT2D eigenvalue weighted by Gasteiger charge is -2.27. The smallest absolute Gasteiger partial charge is 0.290 e. The molecule has 5 heteroatoms. The van der Waals surface area contributed by atoms with Crippen LogP contribution < -0.4 is 0 Å². The number of ketones is 1. The van der Waals surface area contributed by atoms with Crippen LogP contribution in [0.4, 0.5) is 4.39 Å². The van der Waals surface area contributed by atoms with Crippen LogP contribution in [0.2, 0.25) is 0 Å². The number of allylic oxidation sites excluding steroid dienone is 1. The standard InChI is InChI=1S/C26H20FNO3/c27-21-14-8-7-13-20(21)24-23(22(29)16-15-18-9-3-1-4-10-18)25(30)26(31)28(24)17-19-11-5-2-6-12-19/h1-16,24,30H,17H2. The Morgan fingerprint density at radius 3 is 2.23 bits per heavy atom. The largest absolute Gasteiger partial charge is 0.503 e. The summed E-state index contributed by atoms with van der Waals surface area (Å²) in [5, 5.41) is 10.6. The van der Waals surface area contributed by atoms with Gasteiger partial charge in [0, 0.05) is 12.1 Å². The van der Waals surface area contributed by atoms with Gasteiger partial charge in [0.15, 0.2) is 11.5 Å². The molecule has 1 heterocycles. The van der Waals surface area contributed by atoms with Gasteiger partial charge in [0.05, 0.1) is 11.6 Å². The number of rotatable bonds is 6. The topological polar surface area (TPSA) is 57.6 Å². The predicted octanol–water partition coefficient (Wildman–Crippen LogP) is 5.00. The van der Waals surface area contributed by atoms with E-state index in [4.69, 9.17) is 0 Å². The summed E-state index contributed by atoms with van der Waals surface area (Å²) in [7, 11) is 0. The molecule has 1 atom stereocenters. The summed E-state index contributed by atoms with van der Waals surface area (Å²) in [6.07, 6.45) is 2.90. The van der Waals surface area contributed by atoms with Gasteiger partial charge in [0.2, 0.25) is 0 Å². The first kappa shape index (κ1) is 20.3. The van der Waals surface area contributed by atoms with Crippen molar-refractivity contribution in [2.24, 2.45) is 0 Å². The summed E-state index contributed by atoms with van der Waals surface area (Å²) >= 11 is 0. The van der Waals surface area contributed by atoms with Crippen molar-refractivity contribution in [1.82, 2.24) is 4.90 Å². The van der Waals surface area contributed by atoms with E-state index in [0.29, 0.717) is 0 Å². The fourth-order valence-corrected chi connectivity index (χ4v) is 3.69. The maximum Gasteiger partial charge on any atom is 0.290 e. The van der Waals surface area contributed by atoms with Crippen molar-refractivity contribution in [1.29, 1.82) is 0 Å². The fraction of sp³-hybridized carbons (Fsp3) is 0.0769. The molecule has 0 aliphatic carbocycles. The molecule has 31 heavy (non-hydrogen) atoms. The number of halogens is 1. The van der Waals surface area contributed by atoms with Crippen LogP contribution in [-0.2, 0) is 16.1 Å². The Morgan fingerprint density at radius 2 is 1.55 bits per heavy atom. The van der Waals surface area contributed by atoms with Crippen molar-refractivity contribution in [3.63, 3.8) is 0 Å². The van der Waals surface area contributed by atoms with Gasteiger partial charge in [-0.15, -0.1) is 0 Å². The zero-order valence-corrected chi connectivity index (χ0v) is 16.6. The molecule has 0 bridgehead atoms. The maximum atomic E-state index is 14.7. The van der Waals surface area contributed by atoms with Crippen LogP contribution in [0.3, 0.4) is 0 Å². The molecule has 1 amide bonds. The number of hydrogen-bond donors (Lipinski definition) is 1. The monoisotopic (exact) mass is 413 g/mol. The third-order valence-electron chi connectivity index (χ3n) is 5.19. The van der Waals surface area contributed by atoms with E-state index in [1.807, 2.05) is 60.7 Å². The number of hydrogen-bond acceptors (Lipinski definition) is 3. The molecule has 0 saturated carbocycles. The number of amides is 1. The molecule has 3 aromatic carbocycles. The highest BCUT2D eigenvalue weighted by atomic mass is 19.1. The van der Waals surface area contributed by atoms with Crippen LogP contribution >= 0.6 is 0 Å². The SMILES string of the molecule is O=C(C=Cc1ccccc1)C1=C(O)C(=O)N(Cc2ccccc2)C1c1ccccc1F. The van der Waals surface area contributed by atoms with Gasteiger partial charge < -0.3 is 10.0 Å². The lowest BCUT2D eigenvalue weighted by Crippen LogP contribution is -2.31. The molecule has 0 radical (unpaired) electrons. The van der Waals surface area contributed by atoms with E-state index < -0.39 is 29.3 Å². The minimum Gasteiger partial charge on any atom is -0.503 e. The summed E-state index contributed by atoms with van der Waals surface area (Å²) in [4.78, 5) is 27.3. The van der Waals surface area contributed by atoms with Crippen LogP contribution in [0, 0.1) is 5.82 Å². The zero-order chi connectivity index (χ0) is 21.8. The van der Waals surface area contributed by atoms with Crippen molar-refractivity contribution in [3.05, 3.63) is 125 Å². The third-order valence-corrected chi connectivity index (χ3v) is 5.19. The van der Waals surface area contributed by atoms with E-state index in [0.717, 1.165) is 11.1 Å². The number of aliphatic hydroxyl groups excluding tert-OH is 1. The Labute approximate surface area is 179 Å². The lowest BCUT2D eigenvalue weighted by molar-refractivity contribution is -0.130. The predicted molar refractivity (Wildman–Crippen MR) is 116 cm³/mol. The zero-order valence-electron chi connectivity index (χ0n) is 16.6. The lowest BCUT2D eigenvalue weighted by atomic mass is 9.95. The molecule has 4 nitrogen and oxygen atoms in total. The molecular formula is C26H20FNO3. The Bertz CT molecular complexity index is 1170. The van der Waals surface area contributed by atoms with E-state index in [1.54, 1.807) is 12.1 Å². The molecule has 0 fully saturated rings. The van der Waals surface area contributed by atoms with Crippen molar-refractivity contribution in [3.8, 4) is 0 Å². The first-order chi connectivity index (χ1) is 15.1. The summed E-state index contributed by atoms with van der Waals surface area (Å²) in [6, 6.07) is 23.3. The number of carbonyl (C=O) groups excluding carboxylic acids is 2. The highest BCUT2D eigenvalue weighted by Crippen LogP contribution is 2.39. The summed E-state index contributed by atoms with van der Waals surface area (Å²) in [6.45, 7) is 0.127. The van der Waals surface area contributed by atoms with Gasteiger partial charge in [-0.2, -0.15) is 0 Å². The average molecular weight is 413 g/mol. The number of benzene rings is 3. The summed E-state index contributed by atoms with van der Waals surface area (Å²) in [5.41, 5.74) is 1.63. The number of nitrogens with zero attached hydrogens (tertiary/aromatic N) is 1. The molecular weight excluding hydrogens is 393 g/mol. The highest BCUT2D eigenvalue weighted by molar-refractivity contribution is 6.14. The molecule has 1 aliphatic rings. The van der Waals surface area contributed by atoms with Crippen LogP contribution in [0.1, 0.15) is 22.7 Å². The van der Waals surface area contributed by atoms with Gasteiger partial charge in [-0.25, -0.2) is 4.39 Å². The van der Waals surface area contributed by atoms with Crippen LogP contribution in [-0.4, -0.2) is 21.7 Å². The number of carbonyl (C=O) groups is 2. The highest BCUT2D eigenvalue weighted by Gasteiger charge is 2.43. The first-order valence-corrected chi connectivity index (χ1v) is 9.86. The van der Waals surface area contributed by atoms with Gasteiger partial charge in [0.25, 0.3) is 5.91 Å². The molecule has 0 spiro atoms. The van der Waals surface area contributed by atoms with Crippen LogP contribution in [0.15, 0.2) is 102 Å². The van der Waals surface area contributed by atoms with Crippen molar-refractivity contribution >= 4 is 17.8 Å². The second-order valence-electron chi connectivity index (χ2n) is 7.21. The second kappa shape index (κ2) is 8.79. The maximum absolute atomic E-state index is 14.7. The van der Waals surface area contributed by atoms with Gasteiger partial charge in [0.1, 0.15) is 5.82 Å². The van der Waals surface area contributed by atoms with Crippen molar-refractivity contribution in [2.45, 2.75) is 12.6 Å². The molecule has 0 saturated heterocycles. The molecule has 1 aliphatic heterocycles. The van der Waals surface area contributed by atoms with E-state index in [9.17, 15) is 19.1 Å². The van der Waals surface area contributed by atoms with E-state index in [1.165, 1.54) is 29.2 Å². The normalized spacial score (nSPS) is 16.4. The summed E-state index contributed by atoms with van der Waals surface area (Å²) in [5.74, 6) is -2.44. The molecule has 3 aromatic rings. The quantitative estimate of drug-likeness (QED) is 0.579. The summed E-state index contributed by atoms with van der Waals surface area (Å²) < 4.78 is 14.7. The molecule has 4 rings (SSSR count). The first-order valence-electron chi connectivity index (χ1n) is 9.86. The van der Waals surface area contributed by atoms with Gasteiger partial charge in [-0.05, 0) is 23.3 Å². The van der Waals surface area contributed by atoms with Crippen LogP contribution in [0.5, 0.6) is 0 Å². The second-order valence-corrected chi connectivity index (χ2v) is 7.21. The van der Waals surface area contributed by atoms with Gasteiger partial charge in [-0.3, -0.25) is 9.59 Å². The third kappa shape index (κ3) is 4.16. The molecule has 1 N–H and O–H groups in total. The van der Waals surface area contributed by atoms with E-state index in [2.05, 4.69) is 0 Å². The minimum absolute atomic E-state index is 0.127. The molecule has 1 unspecified atom stereocenters. The van der Waals surface area contributed by atoms with Gasteiger partial charge in [-0.1, -0.05) is 84.9 Å². The molecule has 0 aromatic heterocycles. The Morgan fingerprint density at radius 1 is 0.935 bits per heavy atom. The van der Waals surface area contributed by atoms with Crippen LogP contribution in [0.25, 0.3) is 6.08 Å². The average Bonchev–Trinajstić information content (AvgIpc) is 3.04. The van der Waals surface area contributed by atoms with Crippen molar-refractivity contribution in [2.75, 3.05) is 0 Å². The Kier molecular flexibility index (Phi) is 5.76.